The molecule has 0 N–H and O–H groups in total. The minimum Gasteiger partial charge on any atom is -0.368 e. The molecule has 1 aromatic rings. The van der Waals surface area contributed by atoms with Crippen LogP contribution in [0.4, 0.5) is 0 Å². The summed E-state index contributed by atoms with van der Waals surface area (Å²) < 4.78 is 6.23. The van der Waals surface area contributed by atoms with E-state index in [-0.39, 0.29) is 17.9 Å². The summed E-state index contributed by atoms with van der Waals surface area (Å²) in [7, 11) is 0. The summed E-state index contributed by atoms with van der Waals surface area (Å²) in [5.74, 6) is 0.565. The third-order valence-corrected chi connectivity index (χ3v) is 6.69. The lowest BCUT2D eigenvalue weighted by Gasteiger charge is -2.55. The Morgan fingerprint density at radius 3 is 2.74 bits per heavy atom. The lowest BCUT2D eigenvalue weighted by Crippen LogP contribution is -2.73. The Hall–Kier alpha value is -2.47. The van der Waals surface area contributed by atoms with Gasteiger partial charge in [-0.15, -0.1) is 0 Å². The molecule has 1 atom stereocenters. The van der Waals surface area contributed by atoms with Gasteiger partial charge in [0.1, 0.15) is 11.6 Å². The highest BCUT2D eigenvalue weighted by Gasteiger charge is 2.53. The highest BCUT2D eigenvalue weighted by molar-refractivity contribution is 5.95. The van der Waals surface area contributed by atoms with E-state index < -0.39 is 5.60 Å². The molecule has 2 amide bonds. The average molecular weight is 425 g/mol. The molecule has 1 saturated carbocycles. The molecule has 0 radical (unpaired) electrons. The predicted molar refractivity (Wildman–Crippen MR) is 111 cm³/mol. The number of nitriles is 1. The van der Waals surface area contributed by atoms with Crippen molar-refractivity contribution in [3.05, 3.63) is 35.4 Å². The van der Waals surface area contributed by atoms with E-state index in [2.05, 4.69) is 11.0 Å². The number of ether oxygens (including phenoxy) is 1. The zero-order chi connectivity index (χ0) is 21.4. The average Bonchev–Trinajstić information content (AvgIpc) is 3.61. The van der Waals surface area contributed by atoms with Crippen molar-refractivity contribution in [3.63, 3.8) is 0 Å². The van der Waals surface area contributed by atoms with Crippen LogP contribution in [0.25, 0.3) is 0 Å². The molecule has 3 heterocycles. The van der Waals surface area contributed by atoms with E-state index in [0.29, 0.717) is 56.4 Å². The van der Waals surface area contributed by atoms with Gasteiger partial charge in [0.15, 0.2) is 0 Å². The molecule has 8 nitrogen and oxygen atoms in total. The molecule has 1 aliphatic carbocycles. The topological polar surface area (TPSA) is 86.1 Å². The van der Waals surface area contributed by atoms with Crippen LogP contribution in [0.15, 0.2) is 24.3 Å². The van der Waals surface area contributed by atoms with E-state index in [0.717, 1.165) is 19.4 Å². The van der Waals surface area contributed by atoms with Gasteiger partial charge in [0.25, 0.3) is 11.8 Å². The first-order valence-corrected chi connectivity index (χ1v) is 11.2. The van der Waals surface area contributed by atoms with Gasteiger partial charge in [-0.05, 0) is 49.8 Å². The second kappa shape index (κ2) is 8.23. The molecule has 1 aromatic carbocycles. The van der Waals surface area contributed by atoms with Crippen molar-refractivity contribution in [1.29, 1.82) is 5.26 Å². The van der Waals surface area contributed by atoms with Gasteiger partial charge in [-0.1, -0.05) is 6.07 Å². The maximum absolute atomic E-state index is 13.1. The van der Waals surface area contributed by atoms with Gasteiger partial charge in [0.05, 0.1) is 37.9 Å². The van der Waals surface area contributed by atoms with E-state index in [4.69, 9.17) is 14.8 Å². The van der Waals surface area contributed by atoms with Crippen LogP contribution in [0.3, 0.4) is 0 Å². The van der Waals surface area contributed by atoms with Crippen LogP contribution in [0.1, 0.15) is 41.6 Å². The van der Waals surface area contributed by atoms with Crippen LogP contribution in [-0.4, -0.2) is 84.3 Å². The van der Waals surface area contributed by atoms with Crippen LogP contribution in [0.5, 0.6) is 0 Å². The van der Waals surface area contributed by atoms with Gasteiger partial charge in [0, 0.05) is 25.2 Å². The largest absolute Gasteiger partial charge is 0.368 e. The quantitative estimate of drug-likeness (QED) is 0.727. The number of nitrogens with zero attached hydrogens (tertiary/aromatic N) is 4. The van der Waals surface area contributed by atoms with Gasteiger partial charge in [-0.3, -0.25) is 19.3 Å². The molecule has 31 heavy (non-hydrogen) atoms. The fourth-order valence-electron chi connectivity index (χ4n) is 4.76. The van der Waals surface area contributed by atoms with E-state index in [1.165, 1.54) is 17.9 Å². The third kappa shape index (κ3) is 4.18. The third-order valence-electron chi connectivity index (χ3n) is 6.69. The smallest absolute Gasteiger partial charge is 0.265 e. The molecule has 3 aliphatic heterocycles. The molecular weight excluding hydrogens is 396 g/mol. The Morgan fingerprint density at radius 2 is 2.03 bits per heavy atom. The minimum atomic E-state index is -0.420. The van der Waals surface area contributed by atoms with E-state index in [1.807, 2.05) is 0 Å². The molecule has 164 valence electrons. The molecular formula is C23H28N4O4. The van der Waals surface area contributed by atoms with Gasteiger partial charge >= 0.3 is 0 Å². The SMILES string of the molecule is N#Cc1cccc(C(=O)N2CC3(C2)CN(CC2CC2)C(C(=O)N2CCCCO2)CO3)c1. The second-order valence-electron chi connectivity index (χ2n) is 9.22. The highest BCUT2D eigenvalue weighted by atomic mass is 16.7. The lowest BCUT2D eigenvalue weighted by atomic mass is 9.89. The molecule has 3 saturated heterocycles. The minimum absolute atomic E-state index is 0.00391. The maximum Gasteiger partial charge on any atom is 0.265 e. The van der Waals surface area contributed by atoms with E-state index >= 15 is 0 Å². The van der Waals surface area contributed by atoms with Gasteiger partial charge in [-0.2, -0.15) is 5.26 Å². The van der Waals surface area contributed by atoms with Crippen molar-refractivity contribution in [1.82, 2.24) is 14.9 Å². The summed E-state index contributed by atoms with van der Waals surface area (Å²) in [6.45, 7) is 4.12. The first kappa shape index (κ1) is 20.4. The van der Waals surface area contributed by atoms with Crippen LogP contribution >= 0.6 is 0 Å². The maximum atomic E-state index is 13.1. The molecule has 5 rings (SSSR count). The van der Waals surface area contributed by atoms with Gasteiger partial charge in [-0.25, -0.2) is 5.06 Å². The highest BCUT2D eigenvalue weighted by Crippen LogP contribution is 2.36. The molecule has 4 fully saturated rings. The zero-order valence-corrected chi connectivity index (χ0v) is 17.7. The van der Waals surface area contributed by atoms with Crippen molar-refractivity contribution in [2.24, 2.45) is 5.92 Å². The summed E-state index contributed by atoms with van der Waals surface area (Å²) in [6, 6.07) is 8.55. The first-order chi connectivity index (χ1) is 15.1. The van der Waals surface area contributed by atoms with Crippen LogP contribution in [0.2, 0.25) is 0 Å². The zero-order valence-electron chi connectivity index (χ0n) is 17.7. The molecule has 4 aliphatic rings. The molecule has 8 heteroatoms. The standard InChI is InChI=1S/C23H28N4O4/c24-11-18-4-3-5-19(10-18)21(28)26-15-23(16-26)14-25(12-17-6-7-17)20(13-30-23)22(29)27-8-1-2-9-31-27/h3-5,10,17,20H,1-2,6-9,12-16H2. The Balaban J connectivity index is 1.24. The van der Waals surface area contributed by atoms with Crippen molar-refractivity contribution in [3.8, 4) is 6.07 Å². The Bertz CT molecular complexity index is 897. The molecule has 0 aromatic heterocycles. The summed E-state index contributed by atoms with van der Waals surface area (Å²) in [4.78, 5) is 35.6. The fourth-order valence-corrected chi connectivity index (χ4v) is 4.76. The lowest BCUT2D eigenvalue weighted by molar-refractivity contribution is -0.223. The van der Waals surface area contributed by atoms with Crippen LogP contribution < -0.4 is 0 Å². The number of carbonyl (C=O) groups is 2. The number of carbonyl (C=O) groups excluding carboxylic acids is 2. The van der Waals surface area contributed by atoms with Crippen LogP contribution in [0, 0.1) is 17.2 Å². The van der Waals surface area contributed by atoms with Crippen molar-refractivity contribution in [2.75, 3.05) is 45.9 Å². The monoisotopic (exact) mass is 424 g/mol. The molecule has 1 spiro atoms. The number of morpholine rings is 1. The van der Waals surface area contributed by atoms with Crippen molar-refractivity contribution in [2.45, 2.75) is 37.3 Å². The number of benzene rings is 1. The molecule has 1 unspecified atom stereocenters. The Labute approximate surface area is 182 Å². The summed E-state index contributed by atoms with van der Waals surface area (Å²) in [5, 5.41) is 10.6. The molecule has 0 bridgehead atoms. The summed E-state index contributed by atoms with van der Waals surface area (Å²) >= 11 is 0. The van der Waals surface area contributed by atoms with Crippen molar-refractivity contribution < 1.29 is 19.2 Å². The van der Waals surface area contributed by atoms with Gasteiger partial charge < -0.3 is 9.64 Å². The predicted octanol–water partition coefficient (Wildman–Crippen LogP) is 1.42. The Morgan fingerprint density at radius 1 is 1.19 bits per heavy atom. The van der Waals surface area contributed by atoms with E-state index in [9.17, 15) is 9.59 Å². The van der Waals surface area contributed by atoms with Crippen LogP contribution in [-0.2, 0) is 14.4 Å². The number of hydrogen-bond acceptors (Lipinski definition) is 6. The van der Waals surface area contributed by atoms with Crippen molar-refractivity contribution >= 4 is 11.8 Å². The Kier molecular flexibility index (Phi) is 5.42. The normalized spacial score (nSPS) is 25.7. The van der Waals surface area contributed by atoms with Gasteiger partial charge in [0.2, 0.25) is 0 Å². The number of likely N-dealkylation sites (tertiary alicyclic amines) is 1. The summed E-state index contributed by atoms with van der Waals surface area (Å²) in [6.07, 6.45) is 4.38. The number of hydroxylamine groups is 2. The second-order valence-corrected chi connectivity index (χ2v) is 9.22. The fraction of sp³-hybridized carbons (Fsp3) is 0.609. The number of hydrogen-bond donors (Lipinski definition) is 0. The number of rotatable bonds is 4. The van der Waals surface area contributed by atoms with E-state index in [1.54, 1.807) is 29.2 Å². The number of amides is 2. The summed E-state index contributed by atoms with van der Waals surface area (Å²) in [5.41, 5.74) is 0.582. The first-order valence-electron chi connectivity index (χ1n) is 11.2.